The fourth-order valence-corrected chi connectivity index (χ4v) is 4.21. The van der Waals surface area contributed by atoms with E-state index in [9.17, 15) is 4.79 Å². The van der Waals surface area contributed by atoms with Gasteiger partial charge in [0.1, 0.15) is 0 Å². The van der Waals surface area contributed by atoms with Gasteiger partial charge in [0.25, 0.3) is 0 Å². The van der Waals surface area contributed by atoms with Crippen LogP contribution in [0.3, 0.4) is 0 Å². The Morgan fingerprint density at radius 3 is 2.89 bits per heavy atom. The van der Waals surface area contributed by atoms with Gasteiger partial charge >= 0.3 is 0 Å². The van der Waals surface area contributed by atoms with Crippen LogP contribution in [-0.4, -0.2) is 35.5 Å². The van der Waals surface area contributed by atoms with Crippen LogP contribution in [0.15, 0.2) is 0 Å². The van der Waals surface area contributed by atoms with Gasteiger partial charge in [0.05, 0.1) is 6.04 Å². The van der Waals surface area contributed by atoms with Crippen molar-refractivity contribution < 1.29 is 4.79 Å². The van der Waals surface area contributed by atoms with Crippen molar-refractivity contribution in [2.45, 2.75) is 63.3 Å². The maximum Gasteiger partial charge on any atom is 0.237 e. The van der Waals surface area contributed by atoms with Gasteiger partial charge in [-0.1, -0.05) is 13.8 Å². The Kier molecular flexibility index (Phi) is 5.37. The Balaban J connectivity index is 1.74. The second-order valence-electron chi connectivity index (χ2n) is 5.73. The van der Waals surface area contributed by atoms with Gasteiger partial charge in [0.2, 0.25) is 5.91 Å². The van der Waals surface area contributed by atoms with E-state index in [4.69, 9.17) is 0 Å². The zero-order chi connectivity index (χ0) is 13.0. The fourth-order valence-electron chi connectivity index (χ4n) is 3.07. The van der Waals surface area contributed by atoms with Crippen molar-refractivity contribution in [1.82, 2.24) is 10.6 Å². The summed E-state index contributed by atoms with van der Waals surface area (Å²) < 4.78 is 0. The summed E-state index contributed by atoms with van der Waals surface area (Å²) in [5, 5.41) is 7.35. The van der Waals surface area contributed by atoms with Crippen molar-refractivity contribution in [3.8, 4) is 0 Å². The highest BCUT2D eigenvalue weighted by Gasteiger charge is 2.29. The van der Waals surface area contributed by atoms with E-state index < -0.39 is 0 Å². The summed E-state index contributed by atoms with van der Waals surface area (Å²) in [6.07, 6.45) is 5.77. The van der Waals surface area contributed by atoms with E-state index in [1.165, 1.54) is 18.6 Å². The van der Waals surface area contributed by atoms with Crippen LogP contribution in [0, 0.1) is 5.92 Å². The zero-order valence-electron chi connectivity index (χ0n) is 11.6. The summed E-state index contributed by atoms with van der Waals surface area (Å²) in [4.78, 5) is 12.2. The minimum absolute atomic E-state index is 0.0478. The number of carbonyl (C=O) groups is 1. The highest BCUT2D eigenvalue weighted by molar-refractivity contribution is 7.99. The van der Waals surface area contributed by atoms with Gasteiger partial charge in [-0.15, -0.1) is 0 Å². The molecule has 0 radical (unpaired) electrons. The molecule has 1 saturated carbocycles. The molecule has 0 bridgehead atoms. The third kappa shape index (κ3) is 3.89. The molecule has 2 N–H and O–H groups in total. The summed E-state index contributed by atoms with van der Waals surface area (Å²) in [6.45, 7) is 5.44. The van der Waals surface area contributed by atoms with Gasteiger partial charge in [-0.2, -0.15) is 11.8 Å². The van der Waals surface area contributed by atoms with E-state index in [0.717, 1.165) is 31.1 Å². The summed E-state index contributed by atoms with van der Waals surface area (Å²) in [5.74, 6) is 2.09. The number of amides is 1. The summed E-state index contributed by atoms with van der Waals surface area (Å²) in [6, 6.07) is 0.465. The van der Waals surface area contributed by atoms with Gasteiger partial charge in [0.15, 0.2) is 0 Å². The van der Waals surface area contributed by atoms with Crippen LogP contribution in [0.1, 0.15) is 46.0 Å². The Labute approximate surface area is 115 Å². The number of hydrogen-bond donors (Lipinski definition) is 2. The first-order valence-corrected chi connectivity index (χ1v) is 8.39. The highest BCUT2D eigenvalue weighted by Crippen LogP contribution is 2.29. The quantitative estimate of drug-likeness (QED) is 0.822. The monoisotopic (exact) mass is 270 g/mol. The predicted octanol–water partition coefficient (Wildman–Crippen LogP) is 2.16. The normalized spacial score (nSPS) is 36.6. The second kappa shape index (κ2) is 6.80. The number of nitrogens with one attached hydrogen (secondary N) is 2. The van der Waals surface area contributed by atoms with Gasteiger partial charge < -0.3 is 10.6 Å². The molecular formula is C14H26N2OS. The first-order chi connectivity index (χ1) is 8.69. The van der Waals surface area contributed by atoms with E-state index in [1.807, 2.05) is 11.8 Å². The first kappa shape index (κ1) is 14.2. The molecule has 1 heterocycles. The van der Waals surface area contributed by atoms with Crippen LogP contribution in [0.5, 0.6) is 0 Å². The fraction of sp³-hybridized carbons (Fsp3) is 0.929. The molecule has 2 fully saturated rings. The molecule has 4 atom stereocenters. The predicted molar refractivity (Wildman–Crippen MR) is 77.9 cm³/mol. The van der Waals surface area contributed by atoms with E-state index in [1.54, 1.807) is 0 Å². The van der Waals surface area contributed by atoms with Gasteiger partial charge in [-0.3, -0.25) is 4.79 Å². The lowest BCUT2D eigenvalue weighted by molar-refractivity contribution is -0.124. The minimum Gasteiger partial charge on any atom is -0.352 e. The molecule has 1 aliphatic carbocycles. The molecule has 0 spiro atoms. The minimum atomic E-state index is 0.0478. The van der Waals surface area contributed by atoms with Gasteiger partial charge in [-0.05, 0) is 50.3 Å². The van der Waals surface area contributed by atoms with Crippen molar-refractivity contribution in [2.24, 2.45) is 5.92 Å². The number of rotatable bonds is 4. The molecule has 1 aliphatic heterocycles. The van der Waals surface area contributed by atoms with Crippen molar-refractivity contribution >= 4 is 17.7 Å². The van der Waals surface area contributed by atoms with E-state index in [2.05, 4.69) is 24.5 Å². The van der Waals surface area contributed by atoms with Crippen LogP contribution in [-0.2, 0) is 4.79 Å². The molecule has 3 nitrogen and oxygen atoms in total. The molecule has 4 unspecified atom stereocenters. The topological polar surface area (TPSA) is 41.1 Å². The summed E-state index contributed by atoms with van der Waals surface area (Å²) in [7, 11) is 0. The average Bonchev–Trinajstić information content (AvgIpc) is 2.77. The van der Waals surface area contributed by atoms with E-state index >= 15 is 0 Å². The van der Waals surface area contributed by atoms with Crippen LogP contribution in [0.2, 0.25) is 0 Å². The lowest BCUT2D eigenvalue weighted by atomic mass is 9.94. The molecule has 1 amide bonds. The van der Waals surface area contributed by atoms with Gasteiger partial charge in [-0.25, -0.2) is 0 Å². The highest BCUT2D eigenvalue weighted by atomic mass is 32.2. The standard InChI is InChI=1S/C14H26N2OS/c1-3-18-12-5-4-11(9-12)16-14(17)13-8-10(2)6-7-15-13/h10-13,15H,3-9H2,1-2H3,(H,16,17). The van der Waals surface area contributed by atoms with Gasteiger partial charge in [0, 0.05) is 11.3 Å². The third-order valence-electron chi connectivity index (χ3n) is 4.12. The molecule has 0 aromatic rings. The first-order valence-electron chi connectivity index (χ1n) is 7.34. The molecule has 2 rings (SSSR count). The largest absolute Gasteiger partial charge is 0.352 e. The number of thioether (sulfide) groups is 1. The molecular weight excluding hydrogens is 244 g/mol. The third-order valence-corrected chi connectivity index (χ3v) is 5.35. The summed E-state index contributed by atoms with van der Waals surface area (Å²) in [5.41, 5.74) is 0. The maximum absolute atomic E-state index is 12.2. The molecule has 1 saturated heterocycles. The lowest BCUT2D eigenvalue weighted by Crippen LogP contribution is -2.50. The SMILES string of the molecule is CCSC1CCC(NC(=O)C2CC(C)CCN2)C1. The van der Waals surface area contributed by atoms with Crippen LogP contribution in [0.4, 0.5) is 0 Å². The van der Waals surface area contributed by atoms with E-state index in [-0.39, 0.29) is 11.9 Å². The molecule has 4 heteroatoms. The summed E-state index contributed by atoms with van der Waals surface area (Å²) >= 11 is 2.04. The molecule has 2 aliphatic rings. The molecule has 104 valence electrons. The van der Waals surface area contributed by atoms with Crippen molar-refractivity contribution in [3.05, 3.63) is 0 Å². The Morgan fingerprint density at radius 1 is 1.33 bits per heavy atom. The van der Waals surface area contributed by atoms with E-state index in [0.29, 0.717) is 12.0 Å². The van der Waals surface area contributed by atoms with Crippen molar-refractivity contribution in [2.75, 3.05) is 12.3 Å². The molecule has 18 heavy (non-hydrogen) atoms. The Bertz CT molecular complexity index is 285. The van der Waals surface area contributed by atoms with Crippen LogP contribution < -0.4 is 10.6 Å². The molecule has 0 aromatic heterocycles. The number of piperidine rings is 1. The number of carbonyl (C=O) groups excluding carboxylic acids is 1. The maximum atomic E-state index is 12.2. The van der Waals surface area contributed by atoms with Crippen LogP contribution in [0.25, 0.3) is 0 Å². The zero-order valence-corrected chi connectivity index (χ0v) is 12.4. The molecule has 0 aromatic carbocycles. The second-order valence-corrected chi connectivity index (χ2v) is 7.31. The van der Waals surface area contributed by atoms with Crippen LogP contribution >= 0.6 is 11.8 Å². The average molecular weight is 270 g/mol. The Morgan fingerprint density at radius 2 is 2.17 bits per heavy atom. The Hall–Kier alpha value is -0.220. The lowest BCUT2D eigenvalue weighted by Gasteiger charge is -2.28. The van der Waals surface area contributed by atoms with Crippen molar-refractivity contribution in [1.29, 1.82) is 0 Å². The number of hydrogen-bond acceptors (Lipinski definition) is 3. The smallest absolute Gasteiger partial charge is 0.237 e. The van der Waals surface area contributed by atoms with Crippen molar-refractivity contribution in [3.63, 3.8) is 0 Å².